The Bertz CT molecular complexity index is 1050. The monoisotopic (exact) mass is 401 g/mol. The van der Waals surface area contributed by atoms with Crippen molar-refractivity contribution < 1.29 is 23.1 Å². The van der Waals surface area contributed by atoms with Crippen molar-refractivity contribution in [3.05, 3.63) is 60.0 Å². The Kier molecular flexibility index (Phi) is 5.07. The summed E-state index contributed by atoms with van der Waals surface area (Å²) in [6.07, 6.45) is 3.18. The number of hydrogen-bond donors (Lipinski definition) is 0. The summed E-state index contributed by atoms with van der Waals surface area (Å²) in [5, 5.41) is 7.69. The number of amides is 2. The average Bonchev–Trinajstić information content (AvgIpc) is 3.21. The van der Waals surface area contributed by atoms with Gasteiger partial charge in [-0.1, -0.05) is 12.1 Å². The molecule has 2 aromatic heterocycles. The molecule has 8 nitrogen and oxygen atoms in total. The van der Waals surface area contributed by atoms with E-state index in [0.29, 0.717) is 37.4 Å². The maximum Gasteiger partial charge on any atom is 0.387 e. The van der Waals surface area contributed by atoms with Crippen LogP contribution in [0.3, 0.4) is 0 Å². The molecule has 0 N–H and O–H groups in total. The lowest BCUT2D eigenvalue weighted by atomic mass is 10.1. The Balaban J connectivity index is 1.42. The van der Waals surface area contributed by atoms with Gasteiger partial charge in [0.15, 0.2) is 5.65 Å². The Morgan fingerprint density at radius 3 is 2.38 bits per heavy atom. The van der Waals surface area contributed by atoms with E-state index in [1.54, 1.807) is 33.7 Å². The van der Waals surface area contributed by atoms with Crippen LogP contribution in [0.1, 0.15) is 20.7 Å². The quantitative estimate of drug-likeness (QED) is 0.668. The van der Waals surface area contributed by atoms with E-state index >= 15 is 0 Å². The van der Waals surface area contributed by atoms with Gasteiger partial charge in [0.25, 0.3) is 11.8 Å². The van der Waals surface area contributed by atoms with Gasteiger partial charge in [0.05, 0.1) is 11.1 Å². The second kappa shape index (κ2) is 7.82. The van der Waals surface area contributed by atoms with Crippen molar-refractivity contribution in [3.8, 4) is 5.75 Å². The van der Waals surface area contributed by atoms with E-state index < -0.39 is 12.5 Å². The summed E-state index contributed by atoms with van der Waals surface area (Å²) in [6, 6.07) is 9.29. The molecule has 0 spiro atoms. The van der Waals surface area contributed by atoms with Crippen molar-refractivity contribution in [3.63, 3.8) is 0 Å². The highest BCUT2D eigenvalue weighted by Crippen LogP contribution is 2.22. The van der Waals surface area contributed by atoms with E-state index in [1.807, 2.05) is 0 Å². The molecule has 10 heteroatoms. The van der Waals surface area contributed by atoms with Crippen molar-refractivity contribution in [2.75, 3.05) is 26.2 Å². The number of fused-ring (bicyclic) bond motifs is 1. The van der Waals surface area contributed by atoms with E-state index in [0.717, 1.165) is 0 Å². The lowest BCUT2D eigenvalue weighted by Gasteiger charge is -2.35. The Morgan fingerprint density at radius 2 is 1.66 bits per heavy atom. The summed E-state index contributed by atoms with van der Waals surface area (Å²) in [6.45, 7) is -1.75. The zero-order valence-electron chi connectivity index (χ0n) is 15.2. The topological polar surface area (TPSA) is 80.0 Å². The van der Waals surface area contributed by atoms with Crippen LogP contribution in [-0.4, -0.2) is 69.0 Å². The first kappa shape index (κ1) is 18.8. The van der Waals surface area contributed by atoms with Crippen molar-refractivity contribution in [2.45, 2.75) is 6.61 Å². The standard InChI is InChI=1S/C19H17F2N5O3/c20-19(21)29-15-4-2-1-3-14(15)18(28)25-9-7-24(8-10-25)17(27)13-5-6-16-23-22-12-26(16)11-13/h1-6,11-12,19H,7-10H2. The number of ether oxygens (including phenoxy) is 1. The van der Waals surface area contributed by atoms with Crippen LogP contribution in [0.5, 0.6) is 5.75 Å². The SMILES string of the molecule is O=C(c1ccc2nncn2c1)N1CCN(C(=O)c2ccccc2OC(F)F)CC1. The second-order valence-electron chi connectivity index (χ2n) is 6.47. The molecular weight excluding hydrogens is 384 g/mol. The summed E-state index contributed by atoms with van der Waals surface area (Å²) < 4.78 is 31.3. The van der Waals surface area contributed by atoms with Crippen LogP contribution in [0.25, 0.3) is 5.65 Å². The first-order valence-electron chi connectivity index (χ1n) is 8.95. The average molecular weight is 401 g/mol. The smallest absolute Gasteiger partial charge is 0.387 e. The van der Waals surface area contributed by atoms with E-state index in [9.17, 15) is 18.4 Å². The van der Waals surface area contributed by atoms with Crippen LogP contribution in [0, 0.1) is 0 Å². The van der Waals surface area contributed by atoms with Crippen molar-refractivity contribution >= 4 is 17.5 Å². The summed E-state index contributed by atoms with van der Waals surface area (Å²) in [4.78, 5) is 28.7. The van der Waals surface area contributed by atoms with Crippen molar-refractivity contribution in [2.24, 2.45) is 0 Å². The number of alkyl halides is 2. The van der Waals surface area contributed by atoms with Crippen LogP contribution >= 0.6 is 0 Å². The molecule has 1 fully saturated rings. The number of halogens is 2. The van der Waals surface area contributed by atoms with Gasteiger partial charge in [-0.3, -0.25) is 14.0 Å². The predicted molar refractivity (Wildman–Crippen MR) is 97.9 cm³/mol. The molecule has 1 saturated heterocycles. The molecule has 0 radical (unpaired) electrons. The minimum Gasteiger partial charge on any atom is -0.434 e. The number of hydrogen-bond acceptors (Lipinski definition) is 5. The molecule has 4 rings (SSSR count). The normalized spacial score (nSPS) is 14.4. The third kappa shape index (κ3) is 3.86. The zero-order valence-corrected chi connectivity index (χ0v) is 15.2. The first-order chi connectivity index (χ1) is 14.0. The maximum absolute atomic E-state index is 12.8. The Morgan fingerprint density at radius 1 is 0.966 bits per heavy atom. The molecule has 150 valence electrons. The number of para-hydroxylation sites is 1. The molecule has 3 aromatic rings. The van der Waals surface area contributed by atoms with E-state index in [2.05, 4.69) is 14.9 Å². The molecule has 0 saturated carbocycles. The van der Waals surface area contributed by atoms with Gasteiger partial charge in [-0.25, -0.2) is 0 Å². The number of pyridine rings is 1. The number of carbonyl (C=O) groups excluding carboxylic acids is 2. The second-order valence-corrected chi connectivity index (χ2v) is 6.47. The van der Waals surface area contributed by atoms with Gasteiger partial charge in [0.2, 0.25) is 0 Å². The highest BCUT2D eigenvalue weighted by atomic mass is 19.3. The van der Waals surface area contributed by atoms with Crippen molar-refractivity contribution in [1.29, 1.82) is 0 Å². The lowest BCUT2D eigenvalue weighted by Crippen LogP contribution is -2.50. The number of benzene rings is 1. The number of nitrogens with zero attached hydrogens (tertiary/aromatic N) is 5. The fourth-order valence-corrected chi connectivity index (χ4v) is 3.26. The van der Waals surface area contributed by atoms with Crippen LogP contribution in [0.4, 0.5) is 8.78 Å². The Hall–Kier alpha value is -3.56. The molecule has 29 heavy (non-hydrogen) atoms. The third-order valence-electron chi connectivity index (χ3n) is 4.73. The fraction of sp³-hybridized carbons (Fsp3) is 0.263. The summed E-state index contributed by atoms with van der Waals surface area (Å²) >= 11 is 0. The summed E-state index contributed by atoms with van der Waals surface area (Å²) in [5.74, 6) is -0.721. The number of aromatic nitrogens is 3. The fourth-order valence-electron chi connectivity index (χ4n) is 3.26. The summed E-state index contributed by atoms with van der Waals surface area (Å²) in [5.41, 5.74) is 1.21. The van der Waals surface area contributed by atoms with Gasteiger partial charge in [0, 0.05) is 32.4 Å². The van der Waals surface area contributed by atoms with Gasteiger partial charge >= 0.3 is 6.61 Å². The van der Waals surface area contributed by atoms with Crippen LogP contribution < -0.4 is 4.74 Å². The molecule has 1 aliphatic heterocycles. The molecule has 3 heterocycles. The number of rotatable bonds is 4. The minimum absolute atomic E-state index is 0.0747. The molecule has 0 aliphatic carbocycles. The molecule has 0 unspecified atom stereocenters. The van der Waals surface area contributed by atoms with Gasteiger partial charge in [-0.15, -0.1) is 10.2 Å². The van der Waals surface area contributed by atoms with E-state index in [1.165, 1.54) is 29.4 Å². The predicted octanol–water partition coefficient (Wildman–Crippen LogP) is 1.93. The Labute approximate surface area is 164 Å². The maximum atomic E-state index is 12.8. The van der Waals surface area contributed by atoms with Crippen molar-refractivity contribution in [1.82, 2.24) is 24.4 Å². The van der Waals surface area contributed by atoms with E-state index in [-0.39, 0.29) is 17.2 Å². The molecule has 1 aromatic carbocycles. The zero-order chi connectivity index (χ0) is 20.4. The van der Waals surface area contributed by atoms with Gasteiger partial charge in [-0.05, 0) is 24.3 Å². The van der Waals surface area contributed by atoms with Crippen LogP contribution in [-0.2, 0) is 0 Å². The molecule has 0 atom stereocenters. The van der Waals surface area contributed by atoms with Crippen LogP contribution in [0.15, 0.2) is 48.9 Å². The van der Waals surface area contributed by atoms with Gasteiger partial charge in [-0.2, -0.15) is 8.78 Å². The third-order valence-corrected chi connectivity index (χ3v) is 4.73. The molecule has 2 amide bonds. The molecular formula is C19H17F2N5O3. The number of carbonyl (C=O) groups is 2. The number of piperazine rings is 1. The largest absolute Gasteiger partial charge is 0.434 e. The van der Waals surface area contributed by atoms with Gasteiger partial charge < -0.3 is 14.5 Å². The first-order valence-corrected chi connectivity index (χ1v) is 8.95. The molecule has 1 aliphatic rings. The molecule has 0 bridgehead atoms. The van der Waals surface area contributed by atoms with Crippen LogP contribution in [0.2, 0.25) is 0 Å². The summed E-state index contributed by atoms with van der Waals surface area (Å²) in [7, 11) is 0. The highest BCUT2D eigenvalue weighted by molar-refractivity contribution is 5.97. The highest BCUT2D eigenvalue weighted by Gasteiger charge is 2.27. The lowest BCUT2D eigenvalue weighted by molar-refractivity contribution is -0.0503. The minimum atomic E-state index is -3.01. The van der Waals surface area contributed by atoms with Gasteiger partial charge in [0.1, 0.15) is 12.1 Å². The van der Waals surface area contributed by atoms with E-state index in [4.69, 9.17) is 0 Å².